The van der Waals surface area contributed by atoms with Crippen LogP contribution in [0.1, 0.15) is 24.1 Å². The van der Waals surface area contributed by atoms with Gasteiger partial charge >= 0.3 is 0 Å². The average Bonchev–Trinajstić information content (AvgIpc) is 2.37. The van der Waals surface area contributed by atoms with Gasteiger partial charge in [0.05, 0.1) is 6.04 Å². The van der Waals surface area contributed by atoms with Gasteiger partial charge in [0.15, 0.2) is 0 Å². The Labute approximate surface area is 116 Å². The maximum atomic E-state index is 13.3. The summed E-state index contributed by atoms with van der Waals surface area (Å²) in [6.07, 6.45) is 0. The van der Waals surface area contributed by atoms with Crippen molar-refractivity contribution in [2.24, 2.45) is 5.84 Å². The van der Waals surface area contributed by atoms with Crippen LogP contribution >= 0.6 is 23.5 Å². The smallest absolute Gasteiger partial charge is 0.126 e. The van der Waals surface area contributed by atoms with Crippen molar-refractivity contribution >= 4 is 23.5 Å². The third kappa shape index (κ3) is 3.02. The molecule has 3 N–H and O–H groups in total. The summed E-state index contributed by atoms with van der Waals surface area (Å²) in [5.74, 6) is 7.91. The highest BCUT2D eigenvalue weighted by Crippen LogP contribution is 2.38. The van der Waals surface area contributed by atoms with Crippen LogP contribution in [0.2, 0.25) is 0 Å². The van der Waals surface area contributed by atoms with Crippen molar-refractivity contribution in [2.45, 2.75) is 30.4 Å². The van der Waals surface area contributed by atoms with Crippen LogP contribution < -0.4 is 11.3 Å². The summed E-state index contributed by atoms with van der Waals surface area (Å²) in [7, 11) is 0. The lowest BCUT2D eigenvalue weighted by Crippen LogP contribution is -2.41. The Balaban J connectivity index is 2.23. The van der Waals surface area contributed by atoms with Crippen molar-refractivity contribution in [3.8, 4) is 0 Å². The van der Waals surface area contributed by atoms with Crippen molar-refractivity contribution in [3.63, 3.8) is 0 Å². The molecule has 0 amide bonds. The Hall–Kier alpha value is -0.230. The van der Waals surface area contributed by atoms with E-state index in [1.165, 1.54) is 11.8 Å². The second-order valence-electron chi connectivity index (χ2n) is 4.56. The summed E-state index contributed by atoms with van der Waals surface area (Å²) in [5, 5.41) is 0.980. The van der Waals surface area contributed by atoms with Crippen molar-refractivity contribution in [1.29, 1.82) is 0 Å². The Morgan fingerprint density at radius 2 is 2.11 bits per heavy atom. The van der Waals surface area contributed by atoms with Crippen LogP contribution in [0, 0.1) is 12.7 Å². The minimum Gasteiger partial charge on any atom is -0.271 e. The van der Waals surface area contributed by atoms with Crippen LogP contribution in [-0.4, -0.2) is 22.0 Å². The fourth-order valence-corrected chi connectivity index (χ4v) is 5.19. The molecule has 1 aliphatic heterocycles. The number of thioether (sulfide) groups is 2. The van der Waals surface area contributed by atoms with E-state index in [1.807, 2.05) is 35.7 Å². The van der Waals surface area contributed by atoms with Gasteiger partial charge in [0, 0.05) is 22.0 Å². The van der Waals surface area contributed by atoms with E-state index in [9.17, 15) is 4.39 Å². The number of nitrogens with two attached hydrogens (primary N) is 1. The van der Waals surface area contributed by atoms with Gasteiger partial charge in [-0.05, 0) is 24.1 Å². The van der Waals surface area contributed by atoms with Gasteiger partial charge in [0.25, 0.3) is 0 Å². The molecule has 0 aromatic heterocycles. The molecule has 0 saturated carbocycles. The first-order valence-electron chi connectivity index (χ1n) is 6.09. The second kappa shape index (κ2) is 6.28. The van der Waals surface area contributed by atoms with E-state index in [0.29, 0.717) is 16.1 Å². The molecule has 0 bridgehead atoms. The molecular formula is C13H19FN2S2. The molecular weight excluding hydrogens is 267 g/mol. The highest BCUT2D eigenvalue weighted by molar-refractivity contribution is 8.07. The number of halogens is 1. The number of hydrazine groups is 1. The zero-order valence-corrected chi connectivity index (χ0v) is 12.3. The molecule has 0 radical (unpaired) electrons. The average molecular weight is 286 g/mol. The van der Waals surface area contributed by atoms with Crippen LogP contribution in [0.5, 0.6) is 0 Å². The highest BCUT2D eigenvalue weighted by atomic mass is 32.2. The number of rotatable bonds is 3. The van der Waals surface area contributed by atoms with Crippen LogP contribution in [-0.2, 0) is 0 Å². The molecule has 1 aromatic carbocycles. The van der Waals surface area contributed by atoms with Crippen molar-refractivity contribution in [3.05, 3.63) is 35.1 Å². The minimum atomic E-state index is -0.159. The number of aryl methyl sites for hydroxylation is 1. The van der Waals surface area contributed by atoms with Crippen LogP contribution in [0.3, 0.4) is 0 Å². The summed E-state index contributed by atoms with van der Waals surface area (Å²) in [6, 6.07) is 5.34. The first-order valence-corrected chi connectivity index (χ1v) is 8.18. The van der Waals surface area contributed by atoms with Gasteiger partial charge in [-0.3, -0.25) is 11.3 Å². The Morgan fingerprint density at radius 3 is 2.72 bits per heavy atom. The Kier molecular flexibility index (Phi) is 4.95. The lowest BCUT2D eigenvalue weighted by atomic mass is 10.00. The predicted molar refractivity (Wildman–Crippen MR) is 79.4 cm³/mol. The molecule has 0 aliphatic carbocycles. The maximum absolute atomic E-state index is 13.3. The molecule has 2 rings (SSSR count). The predicted octanol–water partition coefficient (Wildman–Crippen LogP) is 2.88. The monoisotopic (exact) mass is 286 g/mol. The second-order valence-corrected chi connectivity index (χ2v) is 7.34. The quantitative estimate of drug-likeness (QED) is 0.662. The largest absolute Gasteiger partial charge is 0.271 e. The molecule has 5 heteroatoms. The number of benzene rings is 1. The topological polar surface area (TPSA) is 38.0 Å². The van der Waals surface area contributed by atoms with Gasteiger partial charge in [-0.25, -0.2) is 4.39 Å². The molecule has 1 aliphatic rings. The SMILES string of the molecule is Cc1cc(C(NN)C2SCCSC2C)ccc1F. The van der Waals surface area contributed by atoms with E-state index in [0.717, 1.165) is 11.3 Å². The number of hydrogen-bond acceptors (Lipinski definition) is 4. The van der Waals surface area contributed by atoms with Gasteiger partial charge < -0.3 is 0 Å². The van der Waals surface area contributed by atoms with Crippen LogP contribution in [0.25, 0.3) is 0 Å². The maximum Gasteiger partial charge on any atom is 0.126 e. The van der Waals surface area contributed by atoms with Gasteiger partial charge in [0.2, 0.25) is 0 Å². The molecule has 2 nitrogen and oxygen atoms in total. The Bertz CT molecular complexity index is 414. The molecule has 3 atom stereocenters. The molecule has 1 heterocycles. The molecule has 1 aromatic rings. The van der Waals surface area contributed by atoms with E-state index >= 15 is 0 Å². The van der Waals surface area contributed by atoms with E-state index < -0.39 is 0 Å². The summed E-state index contributed by atoms with van der Waals surface area (Å²) in [5.41, 5.74) is 4.66. The van der Waals surface area contributed by atoms with E-state index in [2.05, 4.69) is 12.3 Å². The van der Waals surface area contributed by atoms with Gasteiger partial charge in [-0.2, -0.15) is 23.5 Å². The standard InChI is InChI=1S/C13H19FN2S2/c1-8-7-10(3-4-11(8)14)12(16-15)13-9(2)17-5-6-18-13/h3-4,7,9,12-13,16H,5-6,15H2,1-2H3. The molecule has 1 saturated heterocycles. The van der Waals surface area contributed by atoms with E-state index in [-0.39, 0.29) is 11.9 Å². The first kappa shape index (κ1) is 14.2. The fraction of sp³-hybridized carbons (Fsp3) is 0.538. The normalized spacial score (nSPS) is 26.0. The third-order valence-corrected chi connectivity index (χ3v) is 6.48. The molecule has 0 spiro atoms. The lowest BCUT2D eigenvalue weighted by Gasteiger charge is -2.34. The minimum absolute atomic E-state index is 0.0806. The van der Waals surface area contributed by atoms with Crippen molar-refractivity contribution in [1.82, 2.24) is 5.43 Å². The zero-order chi connectivity index (χ0) is 13.1. The summed E-state index contributed by atoms with van der Waals surface area (Å²) in [4.78, 5) is 0. The zero-order valence-electron chi connectivity index (χ0n) is 10.7. The van der Waals surface area contributed by atoms with Gasteiger partial charge in [-0.1, -0.05) is 19.1 Å². The number of hydrogen-bond donors (Lipinski definition) is 2. The van der Waals surface area contributed by atoms with E-state index in [4.69, 9.17) is 5.84 Å². The van der Waals surface area contributed by atoms with Crippen LogP contribution in [0.15, 0.2) is 18.2 Å². The summed E-state index contributed by atoms with van der Waals surface area (Å²) < 4.78 is 13.3. The van der Waals surface area contributed by atoms with Gasteiger partial charge in [-0.15, -0.1) is 0 Å². The summed E-state index contributed by atoms with van der Waals surface area (Å²) >= 11 is 3.93. The Morgan fingerprint density at radius 1 is 1.39 bits per heavy atom. The highest BCUT2D eigenvalue weighted by Gasteiger charge is 2.30. The number of nitrogens with one attached hydrogen (secondary N) is 1. The third-order valence-electron chi connectivity index (χ3n) is 3.29. The van der Waals surface area contributed by atoms with Crippen molar-refractivity contribution in [2.75, 3.05) is 11.5 Å². The lowest BCUT2D eigenvalue weighted by molar-refractivity contribution is 0.524. The van der Waals surface area contributed by atoms with E-state index in [1.54, 1.807) is 6.92 Å². The molecule has 3 unspecified atom stereocenters. The first-order chi connectivity index (χ1) is 8.63. The summed E-state index contributed by atoms with van der Waals surface area (Å²) in [6.45, 7) is 4.03. The van der Waals surface area contributed by atoms with Gasteiger partial charge in [0.1, 0.15) is 5.82 Å². The van der Waals surface area contributed by atoms with Crippen LogP contribution in [0.4, 0.5) is 4.39 Å². The molecule has 18 heavy (non-hydrogen) atoms. The molecule has 100 valence electrons. The molecule has 1 fully saturated rings. The van der Waals surface area contributed by atoms with Crippen molar-refractivity contribution < 1.29 is 4.39 Å². The fourth-order valence-electron chi connectivity index (χ4n) is 2.26.